The van der Waals surface area contributed by atoms with Gasteiger partial charge in [-0.25, -0.2) is 0 Å². The van der Waals surface area contributed by atoms with Crippen LogP contribution >= 0.6 is 0 Å². The minimum atomic E-state index is 0.188. The number of benzene rings is 1. The van der Waals surface area contributed by atoms with Gasteiger partial charge in [0.15, 0.2) is 5.78 Å². The van der Waals surface area contributed by atoms with Crippen molar-refractivity contribution in [2.45, 2.75) is 44.7 Å². The van der Waals surface area contributed by atoms with E-state index in [-0.39, 0.29) is 6.04 Å². The quantitative estimate of drug-likeness (QED) is 0.819. The molecule has 2 N–H and O–H groups in total. The molecule has 0 aromatic heterocycles. The van der Waals surface area contributed by atoms with Crippen molar-refractivity contribution >= 4 is 5.78 Å². The van der Waals surface area contributed by atoms with Crippen molar-refractivity contribution in [3.8, 4) is 0 Å². The molecule has 1 aliphatic heterocycles. The Morgan fingerprint density at radius 1 is 1.12 bits per heavy atom. The number of quaternary nitrogens is 1. The van der Waals surface area contributed by atoms with E-state index < -0.39 is 0 Å². The van der Waals surface area contributed by atoms with Crippen molar-refractivity contribution in [3.05, 3.63) is 35.4 Å². The van der Waals surface area contributed by atoms with Crippen molar-refractivity contribution < 1.29 is 10.1 Å². The molecule has 2 nitrogen and oxygen atoms in total. The van der Waals surface area contributed by atoms with E-state index in [1.165, 1.54) is 24.0 Å². The zero-order valence-corrected chi connectivity index (χ0v) is 10.2. The molecule has 0 bridgehead atoms. The van der Waals surface area contributed by atoms with E-state index in [4.69, 9.17) is 0 Å². The number of hydrogen-bond acceptors (Lipinski definition) is 1. The van der Waals surface area contributed by atoms with Gasteiger partial charge in [0.1, 0.15) is 12.6 Å². The fourth-order valence-corrected chi connectivity index (χ4v) is 3.28. The molecular weight excluding hydrogens is 210 g/mol. The molecule has 1 fully saturated rings. The Bertz CT molecular complexity index is 421. The summed E-state index contributed by atoms with van der Waals surface area (Å²) in [7, 11) is 0. The van der Waals surface area contributed by atoms with E-state index in [2.05, 4.69) is 29.6 Å². The first-order valence-electron chi connectivity index (χ1n) is 6.78. The molecule has 0 saturated heterocycles. The van der Waals surface area contributed by atoms with E-state index in [1.807, 2.05) is 0 Å². The Morgan fingerprint density at radius 2 is 1.82 bits per heavy atom. The maximum atomic E-state index is 12.4. The Labute approximate surface area is 102 Å². The number of carbonyl (C=O) groups excluding carboxylic acids is 1. The Balaban J connectivity index is 1.73. The molecule has 1 atom stereocenters. The smallest absolute Gasteiger partial charge is 0.193 e. The average Bonchev–Trinajstić information content (AvgIpc) is 2.91. The summed E-state index contributed by atoms with van der Waals surface area (Å²) < 4.78 is 0. The highest BCUT2D eigenvalue weighted by atomic mass is 16.1. The van der Waals surface area contributed by atoms with Crippen molar-refractivity contribution in [2.24, 2.45) is 5.92 Å². The molecule has 2 heteroatoms. The molecule has 3 rings (SSSR count). The number of nitrogens with two attached hydrogens (primary N) is 1. The normalized spacial score (nSPS) is 24.6. The average molecular weight is 230 g/mol. The van der Waals surface area contributed by atoms with E-state index in [0.717, 1.165) is 25.8 Å². The zero-order valence-electron chi connectivity index (χ0n) is 10.2. The number of hydrogen-bond donors (Lipinski definition) is 1. The van der Waals surface area contributed by atoms with Crippen LogP contribution in [0, 0.1) is 5.92 Å². The molecule has 0 radical (unpaired) electrons. The number of Topliss-reactive ketones (excluding diaryl/α,β-unsaturated/α-hetero) is 1. The fraction of sp³-hybridized carbons (Fsp3) is 0.533. The van der Waals surface area contributed by atoms with Gasteiger partial charge < -0.3 is 5.32 Å². The van der Waals surface area contributed by atoms with Crippen LogP contribution < -0.4 is 5.32 Å². The van der Waals surface area contributed by atoms with E-state index in [1.54, 1.807) is 0 Å². The first-order chi connectivity index (χ1) is 8.34. The summed E-state index contributed by atoms with van der Waals surface area (Å²) in [6.45, 7) is 0.972. The molecule has 0 spiro atoms. The molecule has 1 saturated carbocycles. The lowest BCUT2D eigenvalue weighted by atomic mass is 9.88. The van der Waals surface area contributed by atoms with E-state index >= 15 is 0 Å². The number of rotatable bonds is 2. The van der Waals surface area contributed by atoms with Crippen molar-refractivity contribution in [3.63, 3.8) is 0 Å². The van der Waals surface area contributed by atoms with Gasteiger partial charge in [0.25, 0.3) is 0 Å². The lowest BCUT2D eigenvalue weighted by molar-refractivity contribution is -0.695. The lowest BCUT2D eigenvalue weighted by Crippen LogP contribution is -2.92. The maximum absolute atomic E-state index is 12.4. The molecule has 1 aliphatic carbocycles. The van der Waals surface area contributed by atoms with Gasteiger partial charge in [0, 0.05) is 17.9 Å². The molecule has 2 aliphatic rings. The monoisotopic (exact) mass is 230 g/mol. The Morgan fingerprint density at radius 3 is 2.59 bits per heavy atom. The topological polar surface area (TPSA) is 33.7 Å². The predicted molar refractivity (Wildman–Crippen MR) is 66.5 cm³/mol. The summed E-state index contributed by atoms with van der Waals surface area (Å²) in [6.07, 6.45) is 5.70. The summed E-state index contributed by atoms with van der Waals surface area (Å²) in [6, 6.07) is 8.72. The van der Waals surface area contributed by atoms with Crippen LogP contribution in [-0.2, 0) is 17.8 Å². The van der Waals surface area contributed by atoms with Crippen LogP contribution in [0.2, 0.25) is 0 Å². The molecule has 0 amide bonds. The van der Waals surface area contributed by atoms with Crippen LogP contribution in [0.5, 0.6) is 0 Å². The van der Waals surface area contributed by atoms with Gasteiger partial charge in [0.05, 0.1) is 0 Å². The first-order valence-corrected chi connectivity index (χ1v) is 6.78. The SMILES string of the molecule is O=C(C1CCCC1)C1Cc2ccccc2C[NH2+]1. The second-order valence-corrected chi connectivity index (χ2v) is 5.40. The molecular formula is C15H20NO+. The third kappa shape index (κ3) is 2.14. The summed E-state index contributed by atoms with van der Waals surface area (Å²) in [4.78, 5) is 12.4. The van der Waals surface area contributed by atoms with Gasteiger partial charge in [-0.2, -0.15) is 0 Å². The molecule has 17 heavy (non-hydrogen) atoms. The van der Waals surface area contributed by atoms with Gasteiger partial charge >= 0.3 is 0 Å². The Kier molecular flexibility index (Phi) is 2.98. The Hall–Kier alpha value is -1.15. The van der Waals surface area contributed by atoms with Gasteiger partial charge in [-0.05, 0) is 18.4 Å². The third-order valence-electron chi connectivity index (χ3n) is 4.30. The highest BCUT2D eigenvalue weighted by molar-refractivity contribution is 5.85. The number of ketones is 1. The van der Waals surface area contributed by atoms with Crippen LogP contribution in [0.3, 0.4) is 0 Å². The third-order valence-corrected chi connectivity index (χ3v) is 4.30. The molecule has 1 heterocycles. The van der Waals surface area contributed by atoms with Gasteiger partial charge in [-0.15, -0.1) is 0 Å². The lowest BCUT2D eigenvalue weighted by Gasteiger charge is -2.23. The molecule has 1 aromatic carbocycles. The standard InChI is InChI=1S/C15H19NO/c17-15(11-5-1-2-6-11)14-9-12-7-3-4-8-13(12)10-16-14/h3-4,7-8,11,14,16H,1-2,5-6,9-10H2/p+1. The van der Waals surface area contributed by atoms with Gasteiger partial charge in [-0.1, -0.05) is 37.1 Å². The van der Waals surface area contributed by atoms with Crippen molar-refractivity contribution in [2.75, 3.05) is 0 Å². The van der Waals surface area contributed by atoms with Crippen LogP contribution in [-0.4, -0.2) is 11.8 Å². The largest absolute Gasteiger partial charge is 0.334 e. The minimum absolute atomic E-state index is 0.188. The second-order valence-electron chi connectivity index (χ2n) is 5.40. The minimum Gasteiger partial charge on any atom is -0.334 e. The highest BCUT2D eigenvalue weighted by Gasteiger charge is 2.33. The summed E-state index contributed by atoms with van der Waals surface area (Å²) >= 11 is 0. The van der Waals surface area contributed by atoms with Crippen LogP contribution in [0.25, 0.3) is 0 Å². The molecule has 1 aromatic rings. The summed E-state index contributed by atoms with van der Waals surface area (Å²) in [5, 5.41) is 2.24. The summed E-state index contributed by atoms with van der Waals surface area (Å²) in [5.74, 6) is 0.874. The molecule has 90 valence electrons. The fourth-order valence-electron chi connectivity index (χ4n) is 3.28. The number of fused-ring (bicyclic) bond motifs is 1. The first kappa shape index (κ1) is 11.0. The van der Waals surface area contributed by atoms with Gasteiger partial charge in [0.2, 0.25) is 0 Å². The predicted octanol–water partition coefficient (Wildman–Crippen LogP) is 1.43. The summed E-state index contributed by atoms with van der Waals surface area (Å²) in [5.41, 5.74) is 2.79. The highest BCUT2D eigenvalue weighted by Crippen LogP contribution is 2.27. The van der Waals surface area contributed by atoms with E-state index in [0.29, 0.717) is 11.7 Å². The van der Waals surface area contributed by atoms with Crippen molar-refractivity contribution in [1.82, 2.24) is 0 Å². The van der Waals surface area contributed by atoms with Crippen LogP contribution in [0.15, 0.2) is 24.3 Å². The molecule has 1 unspecified atom stereocenters. The van der Waals surface area contributed by atoms with Crippen LogP contribution in [0.4, 0.5) is 0 Å². The number of carbonyl (C=O) groups is 1. The van der Waals surface area contributed by atoms with Crippen LogP contribution in [0.1, 0.15) is 36.8 Å². The van der Waals surface area contributed by atoms with Gasteiger partial charge in [-0.3, -0.25) is 4.79 Å². The maximum Gasteiger partial charge on any atom is 0.193 e. The zero-order chi connectivity index (χ0) is 11.7. The second kappa shape index (κ2) is 4.61. The van der Waals surface area contributed by atoms with Crippen molar-refractivity contribution in [1.29, 1.82) is 0 Å². The van der Waals surface area contributed by atoms with E-state index in [9.17, 15) is 4.79 Å².